The Morgan fingerprint density at radius 2 is 1.45 bits per heavy atom. The second-order valence-corrected chi connectivity index (χ2v) is 7.89. The molecule has 0 spiro atoms. The Balaban J connectivity index is 1.67. The third kappa shape index (κ3) is 3.53. The van der Waals surface area contributed by atoms with Crippen LogP contribution in [0.5, 0.6) is 5.75 Å². The third-order valence-electron chi connectivity index (χ3n) is 5.80. The summed E-state index contributed by atoms with van der Waals surface area (Å²) in [6, 6.07) is 28.4. The van der Waals surface area contributed by atoms with Gasteiger partial charge in [0.25, 0.3) is 11.8 Å². The van der Waals surface area contributed by atoms with Gasteiger partial charge in [-0.05, 0) is 36.1 Å². The highest BCUT2D eigenvalue weighted by atomic mass is 16.5. The van der Waals surface area contributed by atoms with Crippen LogP contribution in [0.25, 0.3) is 16.3 Å². The van der Waals surface area contributed by atoms with Gasteiger partial charge >= 0.3 is 0 Å². The Hall–Kier alpha value is -4.38. The zero-order chi connectivity index (χ0) is 22.9. The predicted octanol–water partition coefficient (Wildman–Crippen LogP) is 5.55. The summed E-state index contributed by atoms with van der Waals surface area (Å²) in [5, 5.41) is 5.30. The van der Waals surface area contributed by atoms with Crippen LogP contribution in [0.4, 0.5) is 11.4 Å². The van der Waals surface area contributed by atoms with Crippen molar-refractivity contribution >= 4 is 39.5 Å². The second-order valence-electron chi connectivity index (χ2n) is 7.89. The zero-order valence-electron chi connectivity index (χ0n) is 18.3. The van der Waals surface area contributed by atoms with Crippen LogP contribution >= 0.6 is 0 Å². The summed E-state index contributed by atoms with van der Waals surface area (Å²) >= 11 is 0. The number of aryl methyl sites for hydroxylation is 1. The molecule has 0 radical (unpaired) electrons. The largest absolute Gasteiger partial charge is 0.495 e. The Labute approximate surface area is 191 Å². The van der Waals surface area contributed by atoms with E-state index < -0.39 is 11.8 Å². The zero-order valence-corrected chi connectivity index (χ0v) is 18.3. The lowest BCUT2D eigenvalue weighted by atomic mass is 10.0. The lowest BCUT2D eigenvalue weighted by Gasteiger charge is -2.18. The number of ether oxygens (including phenoxy) is 1. The number of anilines is 2. The number of benzene rings is 4. The van der Waals surface area contributed by atoms with Crippen molar-refractivity contribution in [3.05, 3.63) is 108 Å². The van der Waals surface area contributed by atoms with Gasteiger partial charge in [0.05, 0.1) is 18.4 Å². The molecule has 1 N–H and O–H groups in total. The number of amides is 2. The van der Waals surface area contributed by atoms with E-state index in [1.165, 1.54) is 12.0 Å². The van der Waals surface area contributed by atoms with E-state index >= 15 is 0 Å². The van der Waals surface area contributed by atoms with Crippen molar-refractivity contribution in [3.8, 4) is 5.75 Å². The molecule has 0 saturated heterocycles. The lowest BCUT2D eigenvalue weighted by Crippen LogP contribution is -2.32. The van der Waals surface area contributed by atoms with E-state index in [1.54, 1.807) is 24.3 Å². The van der Waals surface area contributed by atoms with Crippen LogP contribution < -0.4 is 15.0 Å². The minimum atomic E-state index is -0.423. The molecule has 4 aromatic carbocycles. The van der Waals surface area contributed by atoms with Crippen molar-refractivity contribution in [3.63, 3.8) is 0 Å². The first-order chi connectivity index (χ1) is 16.1. The maximum Gasteiger partial charge on any atom is 0.282 e. The van der Waals surface area contributed by atoms with Gasteiger partial charge in [-0.2, -0.15) is 0 Å². The highest BCUT2D eigenvalue weighted by Crippen LogP contribution is 2.38. The highest BCUT2D eigenvalue weighted by Gasteiger charge is 2.41. The van der Waals surface area contributed by atoms with Crippen LogP contribution in [-0.4, -0.2) is 18.9 Å². The van der Waals surface area contributed by atoms with Crippen LogP contribution in [0.15, 0.2) is 96.7 Å². The van der Waals surface area contributed by atoms with E-state index in [9.17, 15) is 9.59 Å². The summed E-state index contributed by atoms with van der Waals surface area (Å²) in [6.07, 6.45) is 0. The van der Waals surface area contributed by atoms with E-state index in [1.807, 2.05) is 73.7 Å². The number of para-hydroxylation sites is 2. The van der Waals surface area contributed by atoms with Gasteiger partial charge in [-0.1, -0.05) is 78.4 Å². The number of fused-ring (bicyclic) bond motifs is 1. The van der Waals surface area contributed by atoms with Crippen molar-refractivity contribution in [1.82, 2.24) is 0 Å². The SMILES string of the molecule is COc1ccccc1N1C(=O)C(Nc2cccc3ccccc23)=C(c2ccc(C)cc2)C1=O. The first kappa shape index (κ1) is 20.5. The second kappa shape index (κ2) is 8.28. The average Bonchev–Trinajstić information content (AvgIpc) is 3.09. The van der Waals surface area contributed by atoms with Crippen LogP contribution in [0.2, 0.25) is 0 Å². The lowest BCUT2D eigenvalue weighted by molar-refractivity contribution is -0.120. The first-order valence-corrected chi connectivity index (χ1v) is 10.7. The molecule has 0 aromatic heterocycles. The van der Waals surface area contributed by atoms with Gasteiger partial charge < -0.3 is 10.1 Å². The van der Waals surface area contributed by atoms with E-state index in [0.717, 1.165) is 22.0 Å². The molecule has 0 fully saturated rings. The third-order valence-corrected chi connectivity index (χ3v) is 5.80. The van der Waals surface area contributed by atoms with Crippen LogP contribution in [-0.2, 0) is 9.59 Å². The molecule has 1 aliphatic heterocycles. The van der Waals surface area contributed by atoms with Gasteiger partial charge in [-0.15, -0.1) is 0 Å². The predicted molar refractivity (Wildman–Crippen MR) is 131 cm³/mol. The van der Waals surface area contributed by atoms with Crippen molar-refractivity contribution in [2.75, 3.05) is 17.3 Å². The van der Waals surface area contributed by atoms with Gasteiger partial charge in [-0.3, -0.25) is 9.59 Å². The average molecular weight is 434 g/mol. The molecule has 1 heterocycles. The molecule has 5 heteroatoms. The Morgan fingerprint density at radius 3 is 2.24 bits per heavy atom. The number of nitrogens with zero attached hydrogens (tertiary/aromatic N) is 1. The van der Waals surface area contributed by atoms with Crippen LogP contribution in [0.3, 0.4) is 0 Å². The molecule has 33 heavy (non-hydrogen) atoms. The van der Waals surface area contributed by atoms with Gasteiger partial charge in [0.1, 0.15) is 11.4 Å². The molecular formula is C28H22N2O3. The number of carbonyl (C=O) groups excluding carboxylic acids is 2. The Kier molecular flexibility index (Phi) is 5.15. The summed E-state index contributed by atoms with van der Waals surface area (Å²) in [6.45, 7) is 1.98. The number of carbonyl (C=O) groups is 2. The highest BCUT2D eigenvalue weighted by molar-refractivity contribution is 6.46. The molecule has 0 atom stereocenters. The Morgan fingerprint density at radius 1 is 0.758 bits per heavy atom. The van der Waals surface area contributed by atoms with E-state index in [2.05, 4.69) is 5.32 Å². The maximum atomic E-state index is 13.7. The Bertz CT molecular complexity index is 1420. The standard InChI is InChI=1S/C28H22N2O3/c1-18-14-16-20(17-15-18)25-26(29-22-11-7-9-19-8-3-4-10-21(19)22)28(32)30(27(25)31)23-12-5-6-13-24(23)33-2/h3-17,29H,1-2H3. The van der Waals surface area contributed by atoms with Gasteiger partial charge in [0, 0.05) is 11.1 Å². The number of hydrogen-bond donors (Lipinski definition) is 1. The smallest absolute Gasteiger partial charge is 0.282 e. The molecule has 0 saturated carbocycles. The molecular weight excluding hydrogens is 412 g/mol. The molecule has 2 amide bonds. The normalized spacial score (nSPS) is 13.7. The minimum absolute atomic E-state index is 0.242. The van der Waals surface area contributed by atoms with Gasteiger partial charge in [-0.25, -0.2) is 4.90 Å². The molecule has 0 bridgehead atoms. The van der Waals surface area contributed by atoms with Crippen LogP contribution in [0.1, 0.15) is 11.1 Å². The molecule has 5 nitrogen and oxygen atoms in total. The fourth-order valence-electron chi connectivity index (χ4n) is 4.14. The first-order valence-electron chi connectivity index (χ1n) is 10.7. The van der Waals surface area contributed by atoms with Gasteiger partial charge in [0.15, 0.2) is 0 Å². The van der Waals surface area contributed by atoms with E-state index in [0.29, 0.717) is 22.6 Å². The fourth-order valence-corrected chi connectivity index (χ4v) is 4.14. The number of imide groups is 1. The monoisotopic (exact) mass is 434 g/mol. The van der Waals surface area contributed by atoms with Crippen molar-refractivity contribution in [2.24, 2.45) is 0 Å². The topological polar surface area (TPSA) is 58.6 Å². The summed E-state index contributed by atoms with van der Waals surface area (Å²) < 4.78 is 5.44. The quantitative estimate of drug-likeness (QED) is 0.418. The summed E-state index contributed by atoms with van der Waals surface area (Å²) in [5.74, 6) is -0.363. The minimum Gasteiger partial charge on any atom is -0.495 e. The van der Waals surface area contributed by atoms with E-state index in [-0.39, 0.29) is 5.70 Å². The van der Waals surface area contributed by atoms with Crippen molar-refractivity contribution in [2.45, 2.75) is 6.92 Å². The van der Waals surface area contributed by atoms with Crippen LogP contribution in [0, 0.1) is 6.92 Å². The van der Waals surface area contributed by atoms with Crippen molar-refractivity contribution < 1.29 is 14.3 Å². The summed E-state index contributed by atoms with van der Waals surface area (Å²) in [7, 11) is 1.52. The fraction of sp³-hybridized carbons (Fsp3) is 0.0714. The number of methoxy groups -OCH3 is 1. The number of rotatable bonds is 5. The molecule has 4 aromatic rings. The van der Waals surface area contributed by atoms with E-state index in [4.69, 9.17) is 4.74 Å². The molecule has 1 aliphatic rings. The molecule has 5 rings (SSSR count). The summed E-state index contributed by atoms with van der Waals surface area (Å²) in [5.41, 5.74) is 3.50. The van der Waals surface area contributed by atoms with Gasteiger partial charge in [0.2, 0.25) is 0 Å². The molecule has 0 aliphatic carbocycles. The number of hydrogen-bond acceptors (Lipinski definition) is 4. The maximum absolute atomic E-state index is 13.7. The molecule has 0 unspecified atom stereocenters. The molecule has 162 valence electrons. The number of nitrogens with one attached hydrogen (secondary N) is 1. The summed E-state index contributed by atoms with van der Waals surface area (Å²) in [4.78, 5) is 28.6. The van der Waals surface area contributed by atoms with Crippen molar-refractivity contribution in [1.29, 1.82) is 0 Å².